The molecule has 0 saturated carbocycles. The molecule has 2 aromatic carbocycles. The Morgan fingerprint density at radius 1 is 1.31 bits per heavy atom. The minimum absolute atomic E-state index is 0.0342. The van der Waals surface area contributed by atoms with Gasteiger partial charge in [-0.1, -0.05) is 33.6 Å². The van der Waals surface area contributed by atoms with Crippen molar-refractivity contribution in [2.75, 3.05) is 18.5 Å². The van der Waals surface area contributed by atoms with E-state index in [-0.39, 0.29) is 28.7 Å². The first-order valence-corrected chi connectivity index (χ1v) is 9.48. The van der Waals surface area contributed by atoms with Crippen LogP contribution >= 0.6 is 27.5 Å². The highest BCUT2D eigenvalue weighted by molar-refractivity contribution is 9.10. The summed E-state index contributed by atoms with van der Waals surface area (Å²) in [7, 11) is 0. The van der Waals surface area contributed by atoms with Crippen molar-refractivity contribution in [2.24, 2.45) is 0 Å². The lowest BCUT2D eigenvalue weighted by Gasteiger charge is -2.15. The number of carbonyl (C=O) groups excluding carboxylic acids is 2. The maximum Gasteiger partial charge on any atom is 0.266 e. The molecule has 1 N–H and O–H groups in total. The third-order valence-electron chi connectivity index (χ3n) is 3.42. The van der Waals surface area contributed by atoms with Crippen molar-refractivity contribution in [3.8, 4) is 17.6 Å². The number of rotatable bonds is 8. The largest absolute Gasteiger partial charge is 0.546 e. The molecule has 7 nitrogen and oxygen atoms in total. The first kappa shape index (κ1) is 22.3. The predicted molar refractivity (Wildman–Crippen MR) is 109 cm³/mol. The average molecular weight is 479 g/mol. The molecule has 1 amide bonds. The molecule has 0 aliphatic rings. The second-order valence-electron chi connectivity index (χ2n) is 5.56. The third kappa shape index (κ3) is 6.52. The Labute approximate surface area is 180 Å². The van der Waals surface area contributed by atoms with Crippen LogP contribution in [-0.4, -0.2) is 25.1 Å². The molecular weight excluding hydrogens is 464 g/mol. The number of benzene rings is 2. The summed E-state index contributed by atoms with van der Waals surface area (Å²) in [4.78, 5) is 23.1. The number of halogens is 2. The maximum absolute atomic E-state index is 12.4. The van der Waals surface area contributed by atoms with Gasteiger partial charge in [0.25, 0.3) is 5.91 Å². The van der Waals surface area contributed by atoms with E-state index >= 15 is 0 Å². The highest BCUT2D eigenvalue weighted by atomic mass is 79.9. The summed E-state index contributed by atoms with van der Waals surface area (Å²) >= 11 is 9.48. The van der Waals surface area contributed by atoms with E-state index in [9.17, 15) is 20.0 Å². The van der Waals surface area contributed by atoms with Crippen molar-refractivity contribution >= 4 is 51.2 Å². The van der Waals surface area contributed by atoms with Crippen LogP contribution in [0.15, 0.2) is 46.4 Å². The molecule has 0 spiro atoms. The fourth-order valence-corrected chi connectivity index (χ4v) is 2.96. The van der Waals surface area contributed by atoms with Gasteiger partial charge < -0.3 is 24.7 Å². The van der Waals surface area contributed by atoms with Gasteiger partial charge in [-0.25, -0.2) is 0 Å². The van der Waals surface area contributed by atoms with E-state index in [0.717, 1.165) is 4.47 Å². The summed E-state index contributed by atoms with van der Waals surface area (Å²) in [5.74, 6) is -1.80. The SMILES string of the molecule is CCOc1cc(/C=C(\C#N)C(=O)Nc2cccc(Br)c2)cc(Cl)c1OCC(=O)[O-]. The molecule has 2 rings (SSSR count). The molecule has 0 radical (unpaired) electrons. The zero-order chi connectivity index (χ0) is 21.4. The molecule has 0 aliphatic carbocycles. The number of nitriles is 1. The van der Waals surface area contributed by atoms with E-state index in [1.54, 1.807) is 31.2 Å². The lowest BCUT2D eigenvalue weighted by molar-refractivity contribution is -0.307. The Balaban J connectivity index is 2.33. The van der Waals surface area contributed by atoms with Crippen molar-refractivity contribution in [2.45, 2.75) is 6.92 Å². The van der Waals surface area contributed by atoms with Gasteiger partial charge in [-0.15, -0.1) is 0 Å². The lowest BCUT2D eigenvalue weighted by atomic mass is 10.1. The van der Waals surface area contributed by atoms with Crippen molar-refractivity contribution in [3.05, 3.63) is 57.0 Å². The lowest BCUT2D eigenvalue weighted by Crippen LogP contribution is -2.29. The molecular formula is C20H15BrClN2O5-. The van der Waals surface area contributed by atoms with Gasteiger partial charge >= 0.3 is 0 Å². The highest BCUT2D eigenvalue weighted by Gasteiger charge is 2.15. The van der Waals surface area contributed by atoms with Gasteiger partial charge in [-0.3, -0.25) is 4.79 Å². The Kier molecular flexibility index (Phi) is 8.07. The van der Waals surface area contributed by atoms with E-state index in [4.69, 9.17) is 21.1 Å². The fraction of sp³-hybridized carbons (Fsp3) is 0.150. The van der Waals surface area contributed by atoms with E-state index in [2.05, 4.69) is 21.2 Å². The maximum atomic E-state index is 12.4. The second kappa shape index (κ2) is 10.5. The average Bonchev–Trinajstić information content (AvgIpc) is 2.65. The van der Waals surface area contributed by atoms with Gasteiger partial charge in [-0.05, 0) is 48.9 Å². The summed E-state index contributed by atoms with van der Waals surface area (Å²) in [5, 5.41) is 22.7. The van der Waals surface area contributed by atoms with E-state index in [0.29, 0.717) is 11.3 Å². The minimum atomic E-state index is -1.41. The monoisotopic (exact) mass is 477 g/mol. The van der Waals surface area contributed by atoms with Crippen molar-refractivity contribution in [1.29, 1.82) is 5.26 Å². The molecule has 0 unspecified atom stereocenters. The topological polar surface area (TPSA) is 111 Å². The standard InChI is InChI=1S/C20H16BrClN2O5/c1-2-28-17-8-12(7-16(22)19(17)29-11-18(25)26)6-13(10-23)20(27)24-15-5-3-4-14(21)9-15/h3-9H,2,11H2,1H3,(H,24,27)(H,25,26)/p-1/b13-6+. The summed E-state index contributed by atoms with van der Waals surface area (Å²) < 4.78 is 11.3. The molecule has 0 saturated heterocycles. The number of hydrogen-bond acceptors (Lipinski definition) is 6. The Hall–Kier alpha value is -3.02. The van der Waals surface area contributed by atoms with Crippen LogP contribution < -0.4 is 19.9 Å². The summed E-state index contributed by atoms with van der Waals surface area (Å²) in [6, 6.07) is 11.7. The van der Waals surface area contributed by atoms with Crippen molar-refractivity contribution < 1.29 is 24.2 Å². The minimum Gasteiger partial charge on any atom is -0.546 e. The smallest absolute Gasteiger partial charge is 0.266 e. The molecule has 150 valence electrons. The molecule has 9 heteroatoms. The molecule has 0 fully saturated rings. The molecule has 0 aromatic heterocycles. The molecule has 0 aliphatic heterocycles. The van der Waals surface area contributed by atoms with E-state index in [1.165, 1.54) is 18.2 Å². The van der Waals surface area contributed by atoms with Crippen LogP contribution in [0.1, 0.15) is 12.5 Å². The number of nitrogens with zero attached hydrogens (tertiary/aromatic N) is 1. The number of carboxylic acid groups (broad SMARTS) is 1. The number of hydrogen-bond donors (Lipinski definition) is 1. The molecule has 0 bridgehead atoms. The Morgan fingerprint density at radius 3 is 2.69 bits per heavy atom. The van der Waals surface area contributed by atoms with Gasteiger partial charge in [0.15, 0.2) is 11.5 Å². The van der Waals surface area contributed by atoms with Crippen molar-refractivity contribution in [1.82, 2.24) is 0 Å². The Morgan fingerprint density at radius 2 is 2.07 bits per heavy atom. The van der Waals surface area contributed by atoms with E-state index in [1.807, 2.05) is 6.07 Å². The zero-order valence-corrected chi connectivity index (χ0v) is 17.5. The summed E-state index contributed by atoms with van der Waals surface area (Å²) in [6.07, 6.45) is 1.34. The van der Waals surface area contributed by atoms with Crippen molar-refractivity contribution in [3.63, 3.8) is 0 Å². The predicted octanol–water partition coefficient (Wildman–Crippen LogP) is 3.18. The quantitative estimate of drug-likeness (QED) is 0.461. The normalized spacial score (nSPS) is 10.8. The molecule has 29 heavy (non-hydrogen) atoms. The van der Waals surface area contributed by atoms with E-state index < -0.39 is 18.5 Å². The van der Waals surface area contributed by atoms with Gasteiger partial charge in [0.1, 0.15) is 18.2 Å². The number of carbonyl (C=O) groups is 2. The van der Waals surface area contributed by atoms with Gasteiger partial charge in [0, 0.05) is 10.2 Å². The number of ether oxygens (including phenoxy) is 2. The number of amides is 1. The van der Waals surface area contributed by atoms with Gasteiger partial charge in [0.2, 0.25) is 0 Å². The Bertz CT molecular complexity index is 1000. The first-order chi connectivity index (χ1) is 13.8. The van der Waals surface area contributed by atoms with Crippen LogP contribution in [0.4, 0.5) is 5.69 Å². The number of aliphatic carboxylic acids is 1. The summed E-state index contributed by atoms with van der Waals surface area (Å²) in [5.41, 5.74) is 0.761. The van der Waals surface area contributed by atoms with Crippen LogP contribution in [0, 0.1) is 11.3 Å². The van der Waals surface area contributed by atoms with Gasteiger partial charge in [0.05, 0.1) is 17.6 Å². The second-order valence-corrected chi connectivity index (χ2v) is 6.88. The molecule has 0 atom stereocenters. The van der Waals surface area contributed by atoms with Gasteiger partial charge in [-0.2, -0.15) is 5.26 Å². The fourth-order valence-electron chi connectivity index (χ4n) is 2.29. The molecule has 0 heterocycles. The number of carboxylic acids is 1. The zero-order valence-electron chi connectivity index (χ0n) is 15.2. The number of nitrogens with one attached hydrogen (secondary N) is 1. The van der Waals surface area contributed by atoms with Crippen LogP contribution in [0.5, 0.6) is 11.5 Å². The molecule has 2 aromatic rings. The van der Waals surface area contributed by atoms with Crippen LogP contribution in [0.2, 0.25) is 5.02 Å². The summed E-state index contributed by atoms with van der Waals surface area (Å²) in [6.45, 7) is 1.29. The highest BCUT2D eigenvalue weighted by Crippen LogP contribution is 2.37. The van der Waals surface area contributed by atoms with Crippen LogP contribution in [0.3, 0.4) is 0 Å². The van der Waals surface area contributed by atoms with Crippen LogP contribution in [0.25, 0.3) is 6.08 Å². The first-order valence-electron chi connectivity index (χ1n) is 8.31. The van der Waals surface area contributed by atoms with Crippen LogP contribution in [-0.2, 0) is 9.59 Å². The number of anilines is 1. The third-order valence-corrected chi connectivity index (χ3v) is 4.20.